The topological polar surface area (TPSA) is 78.5 Å². The number of aromatic nitrogens is 1. The van der Waals surface area contributed by atoms with Gasteiger partial charge in [-0.3, -0.25) is 9.59 Å². The van der Waals surface area contributed by atoms with Crippen LogP contribution in [-0.4, -0.2) is 22.2 Å². The molecule has 0 aromatic carbocycles. The lowest BCUT2D eigenvalue weighted by Gasteiger charge is -2.25. The molecule has 0 fully saturated rings. The third-order valence-corrected chi connectivity index (χ3v) is 3.58. The van der Waals surface area contributed by atoms with E-state index in [9.17, 15) is 14.7 Å². The summed E-state index contributed by atoms with van der Waals surface area (Å²) >= 11 is 0. The number of carboxylic acids is 2. The van der Waals surface area contributed by atoms with Gasteiger partial charge in [0.2, 0.25) is 0 Å². The van der Waals surface area contributed by atoms with Gasteiger partial charge >= 0.3 is 11.9 Å². The van der Waals surface area contributed by atoms with Crippen LogP contribution in [0.4, 0.5) is 0 Å². The molecule has 0 saturated heterocycles. The van der Waals surface area contributed by atoms with E-state index in [-0.39, 0.29) is 12.8 Å². The quantitative estimate of drug-likeness (QED) is 0.807. The first kappa shape index (κ1) is 13.3. The first-order valence-corrected chi connectivity index (χ1v) is 6.11. The van der Waals surface area contributed by atoms with Crippen molar-refractivity contribution in [1.29, 1.82) is 0 Å². The molecule has 0 saturated carbocycles. The van der Waals surface area contributed by atoms with Crippen molar-refractivity contribution in [2.45, 2.75) is 19.8 Å². The molecule has 0 spiro atoms. The number of hydrogen-bond donors (Lipinski definition) is 2. The van der Waals surface area contributed by atoms with E-state index in [0.29, 0.717) is 0 Å². The van der Waals surface area contributed by atoms with Crippen LogP contribution in [0.25, 0.3) is 5.70 Å². The number of carboxylic acid groups (broad SMARTS) is 2. The Morgan fingerprint density at radius 1 is 1.05 bits per heavy atom. The molecule has 1 aliphatic rings. The minimum Gasteiger partial charge on any atom is -0.481 e. The number of rotatable bonds is 3. The molecule has 1 aromatic rings. The Balaban J connectivity index is 2.39. The second-order valence-electron chi connectivity index (χ2n) is 4.81. The van der Waals surface area contributed by atoms with Gasteiger partial charge in [-0.05, 0) is 18.9 Å². The number of hydrogen-bond acceptors (Lipinski definition) is 2. The smallest absolute Gasteiger partial charge is 0.307 e. The standard InChI is InChI=1S/C14H15NO4/c1-9-7-10(13(16)17)11(14(18)19)8-12(9)15-5-3-2-4-6-15/h2-6,10-11H,7-8H2,1H3,(H-,16,17,18,19)/p+1/t10-,11-/m0/s1. The highest BCUT2D eigenvalue weighted by Gasteiger charge is 2.41. The number of carbonyl (C=O) groups is 2. The summed E-state index contributed by atoms with van der Waals surface area (Å²) in [5, 5.41) is 18.4. The summed E-state index contributed by atoms with van der Waals surface area (Å²) < 4.78 is 1.86. The highest BCUT2D eigenvalue weighted by molar-refractivity contribution is 5.82. The van der Waals surface area contributed by atoms with Gasteiger partial charge in [-0.1, -0.05) is 6.07 Å². The van der Waals surface area contributed by atoms with Gasteiger partial charge in [0.1, 0.15) is 0 Å². The van der Waals surface area contributed by atoms with E-state index in [1.165, 1.54) is 0 Å². The molecule has 0 aliphatic heterocycles. The molecule has 2 atom stereocenters. The highest BCUT2D eigenvalue weighted by atomic mass is 16.4. The lowest BCUT2D eigenvalue weighted by Crippen LogP contribution is -2.41. The largest absolute Gasteiger partial charge is 0.481 e. The summed E-state index contributed by atoms with van der Waals surface area (Å²) in [5.74, 6) is -3.80. The summed E-state index contributed by atoms with van der Waals surface area (Å²) in [6.45, 7) is 1.86. The van der Waals surface area contributed by atoms with Gasteiger partial charge in [-0.2, -0.15) is 4.57 Å². The minimum atomic E-state index is -1.05. The second kappa shape index (κ2) is 5.22. The number of nitrogens with zero attached hydrogens (tertiary/aromatic N) is 1. The molecule has 2 N–H and O–H groups in total. The number of allylic oxidation sites excluding steroid dienone is 2. The molecule has 0 radical (unpaired) electrons. The average Bonchev–Trinajstić information content (AvgIpc) is 2.39. The van der Waals surface area contributed by atoms with Crippen LogP contribution >= 0.6 is 0 Å². The van der Waals surface area contributed by atoms with Gasteiger partial charge in [-0.15, -0.1) is 0 Å². The SMILES string of the molecule is CC1=C([n+]2ccccc2)C[C@H](C(=O)O)[C@@H](C(=O)O)C1. The first-order chi connectivity index (χ1) is 9.00. The Morgan fingerprint density at radius 2 is 1.58 bits per heavy atom. The Bertz CT molecular complexity index is 536. The Labute approximate surface area is 110 Å². The number of aliphatic carboxylic acids is 2. The minimum absolute atomic E-state index is 0.243. The first-order valence-electron chi connectivity index (χ1n) is 6.11. The van der Waals surface area contributed by atoms with E-state index >= 15 is 0 Å². The van der Waals surface area contributed by atoms with Crippen molar-refractivity contribution >= 4 is 17.6 Å². The molecular weight excluding hydrogens is 246 g/mol. The maximum absolute atomic E-state index is 11.3. The van der Waals surface area contributed by atoms with E-state index in [2.05, 4.69) is 0 Å². The summed E-state index contributed by atoms with van der Waals surface area (Å²) in [7, 11) is 0. The van der Waals surface area contributed by atoms with Crippen molar-refractivity contribution in [3.8, 4) is 0 Å². The fraction of sp³-hybridized carbons (Fsp3) is 0.357. The van der Waals surface area contributed by atoms with Gasteiger partial charge in [0.25, 0.3) is 0 Å². The summed E-state index contributed by atoms with van der Waals surface area (Å²) in [5.41, 5.74) is 1.81. The Hall–Kier alpha value is -2.17. The molecule has 1 aliphatic carbocycles. The summed E-state index contributed by atoms with van der Waals surface area (Å²) in [4.78, 5) is 22.4. The fourth-order valence-electron chi connectivity index (χ4n) is 2.54. The van der Waals surface area contributed by atoms with Crippen molar-refractivity contribution in [3.05, 3.63) is 36.2 Å². The predicted molar refractivity (Wildman–Crippen MR) is 67.0 cm³/mol. The zero-order valence-corrected chi connectivity index (χ0v) is 10.6. The average molecular weight is 262 g/mol. The van der Waals surface area contributed by atoms with E-state index in [1.807, 2.05) is 42.1 Å². The van der Waals surface area contributed by atoms with Gasteiger partial charge in [0.05, 0.1) is 11.8 Å². The molecule has 5 heteroatoms. The van der Waals surface area contributed by atoms with Crippen LogP contribution in [0.3, 0.4) is 0 Å². The van der Waals surface area contributed by atoms with Crippen molar-refractivity contribution in [2.75, 3.05) is 0 Å². The normalized spacial score (nSPS) is 23.2. The lowest BCUT2D eigenvalue weighted by atomic mass is 9.78. The fourth-order valence-corrected chi connectivity index (χ4v) is 2.54. The Morgan fingerprint density at radius 3 is 2.11 bits per heavy atom. The van der Waals surface area contributed by atoms with Crippen LogP contribution in [0, 0.1) is 11.8 Å². The van der Waals surface area contributed by atoms with E-state index in [1.54, 1.807) is 0 Å². The second-order valence-corrected chi connectivity index (χ2v) is 4.81. The van der Waals surface area contributed by atoms with Crippen LogP contribution in [0.2, 0.25) is 0 Å². The van der Waals surface area contributed by atoms with Crippen LogP contribution < -0.4 is 4.57 Å². The van der Waals surface area contributed by atoms with Gasteiger partial charge in [0, 0.05) is 18.6 Å². The van der Waals surface area contributed by atoms with Crippen LogP contribution in [0.5, 0.6) is 0 Å². The molecule has 1 aromatic heterocycles. The van der Waals surface area contributed by atoms with Gasteiger partial charge in [0.15, 0.2) is 18.1 Å². The van der Waals surface area contributed by atoms with Crippen molar-refractivity contribution < 1.29 is 24.4 Å². The van der Waals surface area contributed by atoms with Gasteiger partial charge < -0.3 is 10.2 Å². The van der Waals surface area contributed by atoms with Crippen molar-refractivity contribution in [2.24, 2.45) is 11.8 Å². The highest BCUT2D eigenvalue weighted by Crippen LogP contribution is 2.34. The molecular formula is C14H16NO4+. The molecule has 1 heterocycles. The molecule has 5 nitrogen and oxygen atoms in total. The molecule has 0 unspecified atom stereocenters. The maximum atomic E-state index is 11.3. The maximum Gasteiger partial charge on any atom is 0.307 e. The lowest BCUT2D eigenvalue weighted by molar-refractivity contribution is -0.585. The monoisotopic (exact) mass is 262 g/mol. The summed E-state index contributed by atoms with van der Waals surface area (Å²) in [6, 6.07) is 5.60. The van der Waals surface area contributed by atoms with Crippen LogP contribution in [0.1, 0.15) is 19.8 Å². The Kier molecular flexibility index (Phi) is 3.64. The summed E-state index contributed by atoms with van der Waals surface area (Å²) in [6.07, 6.45) is 4.22. The van der Waals surface area contributed by atoms with Crippen LogP contribution in [0.15, 0.2) is 36.2 Å². The molecule has 19 heavy (non-hydrogen) atoms. The van der Waals surface area contributed by atoms with Crippen LogP contribution in [-0.2, 0) is 9.59 Å². The third kappa shape index (κ3) is 2.65. The van der Waals surface area contributed by atoms with E-state index in [0.717, 1.165) is 11.3 Å². The van der Waals surface area contributed by atoms with Gasteiger partial charge in [-0.25, -0.2) is 0 Å². The van der Waals surface area contributed by atoms with Crippen molar-refractivity contribution in [1.82, 2.24) is 0 Å². The third-order valence-electron chi connectivity index (χ3n) is 3.58. The predicted octanol–water partition coefficient (Wildman–Crippen LogP) is 1.40. The van der Waals surface area contributed by atoms with E-state index < -0.39 is 23.8 Å². The zero-order valence-electron chi connectivity index (χ0n) is 10.6. The molecule has 0 bridgehead atoms. The van der Waals surface area contributed by atoms with Crippen molar-refractivity contribution in [3.63, 3.8) is 0 Å². The molecule has 100 valence electrons. The number of pyridine rings is 1. The molecule has 2 rings (SSSR count). The van der Waals surface area contributed by atoms with E-state index in [4.69, 9.17) is 5.11 Å². The zero-order chi connectivity index (χ0) is 14.0. The molecule has 0 amide bonds.